The number of likely N-dealkylation sites (tertiary alicyclic amines) is 1. The Labute approximate surface area is 153 Å². The first-order valence-corrected chi connectivity index (χ1v) is 8.79. The second-order valence-electron chi connectivity index (χ2n) is 5.55. The number of nitro groups is 1. The number of aliphatic carboxylic acids is 1. The summed E-state index contributed by atoms with van der Waals surface area (Å²) in [7, 11) is 1.52. The fraction of sp³-hybridized carbons (Fsp3) is 0.467. The molecule has 8 nitrogen and oxygen atoms in total. The Kier molecular flexibility index (Phi) is 6.63. The molecule has 0 radical (unpaired) electrons. The van der Waals surface area contributed by atoms with E-state index >= 15 is 0 Å². The zero-order valence-corrected chi connectivity index (χ0v) is 15.0. The Bertz CT molecular complexity index is 686. The Balaban J connectivity index is 2.06. The van der Waals surface area contributed by atoms with Crippen LogP contribution in [-0.4, -0.2) is 58.4 Å². The second-order valence-corrected chi connectivity index (χ2v) is 7.00. The Morgan fingerprint density at radius 1 is 1.52 bits per heavy atom. The lowest BCUT2D eigenvalue weighted by Crippen LogP contribution is -2.38. The molecule has 1 aliphatic rings. The predicted molar refractivity (Wildman–Crippen MR) is 92.0 cm³/mol. The van der Waals surface area contributed by atoms with Crippen molar-refractivity contribution in [1.82, 2.24) is 4.90 Å². The minimum absolute atomic E-state index is 0.0327. The number of carbonyl (C=O) groups excluding carboxylic acids is 1. The molecule has 0 aliphatic carbocycles. The second kappa shape index (κ2) is 8.50. The van der Waals surface area contributed by atoms with Gasteiger partial charge in [-0.15, -0.1) is 11.8 Å². The minimum atomic E-state index is -0.986. The Hall–Kier alpha value is -1.84. The van der Waals surface area contributed by atoms with Gasteiger partial charge in [0.25, 0.3) is 5.69 Å². The maximum absolute atomic E-state index is 12.5. The first-order chi connectivity index (χ1) is 11.8. The van der Waals surface area contributed by atoms with E-state index in [0.29, 0.717) is 17.9 Å². The summed E-state index contributed by atoms with van der Waals surface area (Å²) in [5.74, 6) is -1.30. The molecular weight excluding hydrogens is 372 g/mol. The lowest BCUT2D eigenvalue weighted by atomic mass is 10.1. The van der Waals surface area contributed by atoms with Crippen LogP contribution >= 0.6 is 23.4 Å². The number of carboxylic acids is 1. The highest BCUT2D eigenvalue weighted by Gasteiger charge is 2.36. The van der Waals surface area contributed by atoms with E-state index in [2.05, 4.69) is 0 Å². The topological polar surface area (TPSA) is 110 Å². The molecule has 1 heterocycles. The van der Waals surface area contributed by atoms with Gasteiger partial charge in [-0.3, -0.25) is 19.7 Å². The highest BCUT2D eigenvalue weighted by atomic mass is 35.5. The summed E-state index contributed by atoms with van der Waals surface area (Å²) in [5.41, 5.74) is -0.163. The maximum Gasteiger partial charge on any atom is 0.305 e. The number of carboxylic acid groups (broad SMARTS) is 1. The van der Waals surface area contributed by atoms with Crippen molar-refractivity contribution in [2.45, 2.75) is 29.9 Å². The van der Waals surface area contributed by atoms with Crippen molar-refractivity contribution in [3.05, 3.63) is 33.3 Å². The largest absolute Gasteiger partial charge is 0.481 e. The molecule has 136 valence electrons. The first kappa shape index (κ1) is 19.5. The van der Waals surface area contributed by atoms with Crippen LogP contribution in [0.5, 0.6) is 0 Å². The summed E-state index contributed by atoms with van der Waals surface area (Å²) >= 11 is 6.80. The lowest BCUT2D eigenvalue weighted by Gasteiger charge is -2.23. The van der Waals surface area contributed by atoms with Crippen LogP contribution < -0.4 is 0 Å². The third-order valence-electron chi connectivity index (χ3n) is 3.91. The van der Waals surface area contributed by atoms with Gasteiger partial charge in [-0.25, -0.2) is 0 Å². The maximum atomic E-state index is 12.5. The van der Waals surface area contributed by atoms with Crippen LogP contribution in [0.3, 0.4) is 0 Å². The van der Waals surface area contributed by atoms with Crippen molar-refractivity contribution in [3.63, 3.8) is 0 Å². The van der Waals surface area contributed by atoms with Crippen molar-refractivity contribution in [3.8, 4) is 0 Å². The lowest BCUT2D eigenvalue weighted by molar-refractivity contribution is -0.387. The van der Waals surface area contributed by atoms with Crippen LogP contribution in [-0.2, 0) is 14.3 Å². The highest BCUT2D eigenvalue weighted by molar-refractivity contribution is 8.00. The van der Waals surface area contributed by atoms with E-state index in [9.17, 15) is 19.7 Å². The molecule has 1 fully saturated rings. The zero-order valence-electron chi connectivity index (χ0n) is 13.4. The molecule has 0 saturated carbocycles. The molecule has 1 aromatic carbocycles. The molecule has 10 heteroatoms. The number of rotatable bonds is 7. The molecule has 1 aromatic rings. The zero-order chi connectivity index (χ0) is 18.6. The van der Waals surface area contributed by atoms with Gasteiger partial charge >= 0.3 is 5.97 Å². The quantitative estimate of drug-likeness (QED) is 0.434. The Morgan fingerprint density at radius 2 is 2.24 bits per heavy atom. The smallest absolute Gasteiger partial charge is 0.305 e. The molecule has 1 saturated heterocycles. The molecular formula is C15H17ClN2O6S. The number of amides is 1. The van der Waals surface area contributed by atoms with Crippen molar-refractivity contribution in [2.24, 2.45) is 0 Å². The van der Waals surface area contributed by atoms with E-state index in [4.69, 9.17) is 21.4 Å². The number of thioether (sulfide) groups is 1. The number of halogens is 1. The summed E-state index contributed by atoms with van der Waals surface area (Å²) in [5, 5.41) is 20.3. The van der Waals surface area contributed by atoms with Gasteiger partial charge in [-0.05, 0) is 18.6 Å². The SMILES string of the molecule is COC1CC(CC(=O)O)N(C(=O)CSc2ccc(Cl)cc2[N+](=O)[O-])C1. The molecule has 2 unspecified atom stereocenters. The summed E-state index contributed by atoms with van der Waals surface area (Å²) in [4.78, 5) is 35.8. The molecule has 0 spiro atoms. The standard InChI is InChI=1S/C15H17ClN2O6S/c1-24-11-5-10(6-15(20)21)17(7-11)14(19)8-25-13-3-2-9(16)4-12(13)18(22)23/h2-4,10-11H,5-8H2,1H3,(H,20,21). The van der Waals surface area contributed by atoms with E-state index < -0.39 is 16.9 Å². The fourth-order valence-electron chi connectivity index (χ4n) is 2.72. The summed E-state index contributed by atoms with van der Waals surface area (Å²) < 4.78 is 5.23. The molecule has 1 amide bonds. The van der Waals surface area contributed by atoms with Crippen molar-refractivity contribution in [1.29, 1.82) is 0 Å². The first-order valence-electron chi connectivity index (χ1n) is 7.42. The van der Waals surface area contributed by atoms with Crippen LogP contribution in [0.2, 0.25) is 5.02 Å². The van der Waals surface area contributed by atoms with E-state index in [1.54, 1.807) is 0 Å². The van der Waals surface area contributed by atoms with E-state index in [1.807, 2.05) is 0 Å². The Morgan fingerprint density at radius 3 is 2.84 bits per heavy atom. The van der Waals surface area contributed by atoms with Crippen molar-refractivity contribution in [2.75, 3.05) is 19.4 Å². The number of hydrogen-bond acceptors (Lipinski definition) is 6. The number of nitro benzene ring substituents is 1. The number of ether oxygens (including phenoxy) is 1. The van der Waals surface area contributed by atoms with Crippen LogP contribution in [0.1, 0.15) is 12.8 Å². The van der Waals surface area contributed by atoms with Gasteiger partial charge in [0.2, 0.25) is 5.91 Å². The van der Waals surface area contributed by atoms with Gasteiger partial charge in [0.1, 0.15) is 0 Å². The van der Waals surface area contributed by atoms with E-state index in [0.717, 1.165) is 11.8 Å². The highest BCUT2D eigenvalue weighted by Crippen LogP contribution is 2.32. The third kappa shape index (κ3) is 5.07. The average Bonchev–Trinajstić information content (AvgIpc) is 2.95. The van der Waals surface area contributed by atoms with Crippen molar-refractivity contribution >= 4 is 40.9 Å². The minimum Gasteiger partial charge on any atom is -0.481 e. The van der Waals surface area contributed by atoms with Gasteiger partial charge in [0.05, 0.1) is 28.1 Å². The fourth-order valence-corrected chi connectivity index (χ4v) is 3.78. The molecule has 1 N–H and O–H groups in total. The molecule has 1 aliphatic heterocycles. The third-order valence-corrected chi connectivity index (χ3v) is 5.19. The predicted octanol–water partition coefficient (Wildman–Crippen LogP) is 2.43. The monoisotopic (exact) mass is 388 g/mol. The average molecular weight is 389 g/mol. The summed E-state index contributed by atoms with van der Waals surface area (Å²) in [6.07, 6.45) is 0.0978. The van der Waals surface area contributed by atoms with Crippen molar-refractivity contribution < 1.29 is 24.4 Å². The summed E-state index contributed by atoms with van der Waals surface area (Å²) in [6.45, 7) is 0.316. The van der Waals surface area contributed by atoms with Gasteiger partial charge in [0.15, 0.2) is 0 Å². The van der Waals surface area contributed by atoms with Crippen LogP contribution in [0.4, 0.5) is 5.69 Å². The number of nitrogens with zero attached hydrogens (tertiary/aromatic N) is 2. The van der Waals surface area contributed by atoms with E-state index in [-0.39, 0.29) is 34.9 Å². The number of benzene rings is 1. The van der Waals surface area contributed by atoms with Gasteiger partial charge in [-0.1, -0.05) is 11.6 Å². The number of hydrogen-bond donors (Lipinski definition) is 1. The van der Waals surface area contributed by atoms with Gasteiger partial charge in [-0.2, -0.15) is 0 Å². The number of carbonyl (C=O) groups is 2. The van der Waals surface area contributed by atoms with Gasteiger partial charge < -0.3 is 14.7 Å². The molecule has 0 aromatic heterocycles. The van der Waals surface area contributed by atoms with Crippen LogP contribution in [0.25, 0.3) is 0 Å². The number of methoxy groups -OCH3 is 1. The molecule has 25 heavy (non-hydrogen) atoms. The summed E-state index contributed by atoms with van der Waals surface area (Å²) in [6, 6.07) is 3.81. The van der Waals surface area contributed by atoms with Crippen LogP contribution in [0.15, 0.2) is 23.1 Å². The van der Waals surface area contributed by atoms with Crippen LogP contribution in [0, 0.1) is 10.1 Å². The van der Waals surface area contributed by atoms with Gasteiger partial charge in [0, 0.05) is 30.8 Å². The van der Waals surface area contributed by atoms with E-state index in [1.165, 1.54) is 30.2 Å². The molecule has 2 rings (SSSR count). The molecule has 0 bridgehead atoms. The normalized spacial score (nSPS) is 19.8. The molecule has 2 atom stereocenters.